The van der Waals surface area contributed by atoms with Crippen molar-refractivity contribution in [2.45, 2.75) is 30.2 Å². The van der Waals surface area contributed by atoms with Crippen molar-refractivity contribution >= 4 is 18.2 Å². The first-order valence-electron chi connectivity index (χ1n) is 5.02. The Balaban J connectivity index is 3.90. The maximum absolute atomic E-state index is 13.9. The zero-order valence-electron chi connectivity index (χ0n) is 10.1. The first kappa shape index (κ1) is 16.3. The lowest BCUT2D eigenvalue weighted by Gasteiger charge is -2.42. The Morgan fingerprint density at radius 3 is 1.84 bits per heavy atom. The van der Waals surface area contributed by atoms with Crippen LogP contribution in [0.3, 0.4) is 0 Å². The highest BCUT2D eigenvalue weighted by Crippen LogP contribution is 2.50. The molecule has 0 saturated heterocycles. The Kier molecular flexibility index (Phi) is 3.76. The molecule has 1 N–H and O–H groups in total. The van der Waals surface area contributed by atoms with Gasteiger partial charge in [0.2, 0.25) is 0 Å². The van der Waals surface area contributed by atoms with Gasteiger partial charge in [-0.1, -0.05) is 19.6 Å². The van der Waals surface area contributed by atoms with Crippen molar-refractivity contribution in [1.82, 2.24) is 0 Å². The van der Waals surface area contributed by atoms with E-state index >= 15 is 0 Å². The number of rotatable bonds is 2. The van der Waals surface area contributed by atoms with Gasteiger partial charge in [0.15, 0.2) is 33.8 Å². The van der Waals surface area contributed by atoms with Crippen LogP contribution in [0, 0.1) is 0 Å². The van der Waals surface area contributed by atoms with Crippen molar-refractivity contribution in [2.75, 3.05) is 0 Å². The van der Waals surface area contributed by atoms with E-state index in [0.717, 1.165) is 19.6 Å². The molecule has 10 heteroatoms. The maximum atomic E-state index is 13.9. The molecule has 0 aromatic carbocycles. The van der Waals surface area contributed by atoms with Crippen molar-refractivity contribution in [2.24, 2.45) is 0 Å². The van der Waals surface area contributed by atoms with E-state index in [9.17, 15) is 30.4 Å². The summed E-state index contributed by atoms with van der Waals surface area (Å²) in [5.74, 6) is -9.58. The highest BCUT2D eigenvalue weighted by molar-refractivity contribution is 7.89. The normalized spacial score (nSPS) is 30.1. The molecule has 110 valence electrons. The summed E-state index contributed by atoms with van der Waals surface area (Å²) < 4.78 is 95.7. The highest BCUT2D eigenvalue weighted by Gasteiger charge is 2.67. The van der Waals surface area contributed by atoms with Crippen molar-refractivity contribution < 1.29 is 34.9 Å². The average molecular weight is 322 g/mol. The van der Waals surface area contributed by atoms with Crippen LogP contribution in [0.15, 0.2) is 23.3 Å². The second-order valence-electron chi connectivity index (χ2n) is 5.11. The van der Waals surface area contributed by atoms with Gasteiger partial charge in [0.1, 0.15) is 0 Å². The van der Waals surface area contributed by atoms with Crippen LogP contribution in [0.1, 0.15) is 0 Å². The smallest absolute Gasteiger partial charge is 0.277 e. The van der Waals surface area contributed by atoms with Gasteiger partial charge in [-0.3, -0.25) is 4.55 Å². The Labute approximate surface area is 107 Å². The van der Waals surface area contributed by atoms with E-state index in [1.165, 1.54) is 0 Å². The molecule has 0 aliphatic heterocycles. The Bertz CT molecular complexity index is 577. The van der Waals surface area contributed by atoms with Crippen LogP contribution < -0.4 is 0 Å². The van der Waals surface area contributed by atoms with Gasteiger partial charge in [-0.25, -0.2) is 22.0 Å². The molecule has 1 rings (SSSR count). The number of hydrogen-bond acceptors (Lipinski definition) is 2. The SMILES string of the molecule is C[Si](C)(C)C1(S(=O)(=O)O)C(F)=C(F)C(F)=C(F)C1F. The quantitative estimate of drug-likeness (QED) is 0.483. The third-order valence-electron chi connectivity index (χ3n) is 3.02. The molecule has 0 spiro atoms. The summed E-state index contributed by atoms with van der Waals surface area (Å²) in [6.07, 6.45) is -3.34. The van der Waals surface area contributed by atoms with E-state index in [4.69, 9.17) is 4.55 Å². The second-order valence-corrected chi connectivity index (χ2v) is 12.4. The lowest BCUT2D eigenvalue weighted by atomic mass is 10.1. The largest absolute Gasteiger partial charge is 0.285 e. The molecule has 0 aromatic heterocycles. The molecule has 0 radical (unpaired) electrons. The minimum atomic E-state index is -5.56. The first-order chi connectivity index (χ1) is 8.30. The summed E-state index contributed by atoms with van der Waals surface area (Å²) in [6, 6.07) is 0. The van der Waals surface area contributed by atoms with Crippen LogP contribution in [0.5, 0.6) is 0 Å². The lowest BCUT2D eigenvalue weighted by Crippen LogP contribution is -2.65. The molecular formula is C9H11F5O3SSi. The van der Waals surface area contributed by atoms with E-state index in [1.807, 2.05) is 0 Å². The summed E-state index contributed by atoms with van der Waals surface area (Å²) in [5, 5.41) is 0. The number of halogens is 5. The minimum Gasteiger partial charge on any atom is -0.285 e. The summed E-state index contributed by atoms with van der Waals surface area (Å²) in [6.45, 7) is 3.24. The highest BCUT2D eigenvalue weighted by atomic mass is 32.2. The van der Waals surface area contributed by atoms with E-state index in [0.29, 0.717) is 0 Å². The molecule has 0 fully saturated rings. The van der Waals surface area contributed by atoms with Gasteiger partial charge < -0.3 is 0 Å². The molecule has 2 atom stereocenters. The van der Waals surface area contributed by atoms with E-state index in [-0.39, 0.29) is 0 Å². The van der Waals surface area contributed by atoms with Gasteiger partial charge in [0.25, 0.3) is 10.1 Å². The Morgan fingerprint density at radius 2 is 1.53 bits per heavy atom. The molecule has 2 unspecified atom stereocenters. The number of hydrogen-bond donors (Lipinski definition) is 1. The van der Waals surface area contributed by atoms with Crippen LogP contribution in [-0.4, -0.2) is 31.6 Å². The maximum Gasteiger partial charge on any atom is 0.277 e. The first-order valence-corrected chi connectivity index (χ1v) is 9.96. The van der Waals surface area contributed by atoms with Gasteiger partial charge in [0, 0.05) is 0 Å². The van der Waals surface area contributed by atoms with Crippen molar-refractivity contribution in [3.05, 3.63) is 23.3 Å². The Morgan fingerprint density at radius 1 is 1.11 bits per heavy atom. The molecule has 0 amide bonds. The van der Waals surface area contributed by atoms with Gasteiger partial charge in [-0.05, 0) is 0 Å². The fourth-order valence-corrected chi connectivity index (χ4v) is 7.54. The molecule has 3 nitrogen and oxygen atoms in total. The summed E-state index contributed by atoms with van der Waals surface area (Å²) in [5.41, 5.74) is 0. The zero-order chi connectivity index (χ0) is 15.4. The fraction of sp³-hybridized carbons (Fsp3) is 0.556. The van der Waals surface area contributed by atoms with Gasteiger partial charge in [0.05, 0.1) is 8.07 Å². The van der Waals surface area contributed by atoms with E-state index in [1.54, 1.807) is 0 Å². The Hall–Kier alpha value is -0.743. The predicted octanol–water partition coefficient (Wildman–Crippen LogP) is 3.14. The molecule has 19 heavy (non-hydrogen) atoms. The van der Waals surface area contributed by atoms with Crippen molar-refractivity contribution in [3.8, 4) is 0 Å². The average Bonchev–Trinajstić information content (AvgIpc) is 2.20. The van der Waals surface area contributed by atoms with Crippen LogP contribution in [0.25, 0.3) is 0 Å². The molecule has 0 aromatic rings. The zero-order valence-corrected chi connectivity index (χ0v) is 12.0. The summed E-state index contributed by atoms with van der Waals surface area (Å²) in [4.78, 5) is 0. The molecule has 0 bridgehead atoms. The van der Waals surface area contributed by atoms with Crippen LogP contribution >= 0.6 is 0 Å². The summed E-state index contributed by atoms with van der Waals surface area (Å²) >= 11 is 0. The third-order valence-corrected chi connectivity index (χ3v) is 9.53. The molecule has 0 heterocycles. The molecular weight excluding hydrogens is 311 g/mol. The van der Waals surface area contributed by atoms with Gasteiger partial charge >= 0.3 is 0 Å². The van der Waals surface area contributed by atoms with Crippen molar-refractivity contribution in [1.29, 1.82) is 0 Å². The van der Waals surface area contributed by atoms with Crippen LogP contribution in [0.4, 0.5) is 22.0 Å². The topological polar surface area (TPSA) is 54.4 Å². The minimum absolute atomic E-state index is 1.08. The lowest BCUT2D eigenvalue weighted by molar-refractivity contribution is 0.245. The predicted molar refractivity (Wildman–Crippen MR) is 61.0 cm³/mol. The van der Waals surface area contributed by atoms with Gasteiger partial charge in [-0.15, -0.1) is 0 Å². The fourth-order valence-electron chi connectivity index (χ4n) is 2.11. The van der Waals surface area contributed by atoms with Crippen LogP contribution in [0.2, 0.25) is 19.6 Å². The van der Waals surface area contributed by atoms with E-state index in [2.05, 4.69) is 0 Å². The van der Waals surface area contributed by atoms with Gasteiger partial charge in [-0.2, -0.15) is 8.42 Å². The third kappa shape index (κ3) is 1.96. The molecule has 0 saturated carbocycles. The summed E-state index contributed by atoms with van der Waals surface area (Å²) in [7, 11) is -9.17. The van der Waals surface area contributed by atoms with Crippen LogP contribution in [-0.2, 0) is 10.1 Å². The molecule has 1 aliphatic carbocycles. The number of allylic oxidation sites excluding steroid dienone is 3. The number of alkyl halides is 1. The standard InChI is InChI=1S/C9H11F5O3SSi/c1-19(2,3)9(18(15,16)17)7(13)5(11)4(10)6(12)8(9)14/h7H,1-3H3,(H,15,16,17). The second kappa shape index (κ2) is 4.38. The van der Waals surface area contributed by atoms with E-state index < -0.39 is 52.0 Å². The molecule has 1 aliphatic rings. The monoisotopic (exact) mass is 322 g/mol. The van der Waals surface area contributed by atoms with Crippen molar-refractivity contribution in [3.63, 3.8) is 0 Å².